The van der Waals surface area contributed by atoms with E-state index in [0.29, 0.717) is 0 Å². The molecule has 19 heavy (non-hydrogen) atoms. The summed E-state index contributed by atoms with van der Waals surface area (Å²) in [7, 11) is 0. The van der Waals surface area contributed by atoms with Crippen LogP contribution in [0.3, 0.4) is 0 Å². The van der Waals surface area contributed by atoms with E-state index >= 15 is 0 Å². The Balaban J connectivity index is 3.54. The Morgan fingerprint density at radius 1 is 1.21 bits per heavy atom. The van der Waals surface area contributed by atoms with E-state index in [2.05, 4.69) is 9.98 Å². The average molecular weight is 276 g/mol. The zero-order valence-corrected chi connectivity index (χ0v) is 9.10. The maximum atomic E-state index is 13.4. The topological polar surface area (TPSA) is 146 Å². The molecule has 1 rings (SSSR count). The summed E-state index contributed by atoms with van der Waals surface area (Å²) in [5.74, 6) is -6.84. The Kier molecular flexibility index (Phi) is 3.89. The molecule has 0 saturated heterocycles. The molecule has 8 nitrogen and oxygen atoms in total. The van der Waals surface area contributed by atoms with E-state index < -0.39 is 45.7 Å². The highest BCUT2D eigenvalue weighted by molar-refractivity contribution is 5.94. The van der Waals surface area contributed by atoms with Gasteiger partial charge in [-0.3, -0.25) is 10.1 Å². The van der Waals surface area contributed by atoms with Gasteiger partial charge in [-0.15, -0.1) is 0 Å². The lowest BCUT2D eigenvalue weighted by Crippen LogP contribution is -2.26. The summed E-state index contributed by atoms with van der Waals surface area (Å²) in [6.07, 6.45) is 0. The molecule has 0 radical (unpaired) electrons. The molecule has 0 aromatic heterocycles. The number of nitro groups is 1. The standard InChI is InChI=1S/C8H7F3N6O2/c9-2-1-3(17(18)19)6(5(11)4(2)10)15-8(14)16-7(12)13/h1H,(H6,12,13,14,15,16). The largest absolute Gasteiger partial charge is 0.370 e. The van der Waals surface area contributed by atoms with E-state index in [1.165, 1.54) is 0 Å². The van der Waals surface area contributed by atoms with Crippen LogP contribution in [0.25, 0.3) is 0 Å². The molecule has 0 fully saturated rings. The minimum atomic E-state index is -1.93. The van der Waals surface area contributed by atoms with Crippen molar-refractivity contribution < 1.29 is 18.1 Å². The third kappa shape index (κ3) is 3.08. The molecule has 102 valence electrons. The Labute approximate surface area is 103 Å². The van der Waals surface area contributed by atoms with Gasteiger partial charge in [-0.25, -0.2) is 18.2 Å². The summed E-state index contributed by atoms with van der Waals surface area (Å²) in [4.78, 5) is 15.7. The highest BCUT2D eigenvalue weighted by atomic mass is 19.2. The van der Waals surface area contributed by atoms with Crippen LogP contribution in [-0.4, -0.2) is 16.8 Å². The van der Waals surface area contributed by atoms with Crippen LogP contribution in [0.1, 0.15) is 0 Å². The van der Waals surface area contributed by atoms with Gasteiger partial charge in [-0.05, 0) is 0 Å². The number of hydrogen-bond acceptors (Lipinski definition) is 3. The van der Waals surface area contributed by atoms with E-state index in [-0.39, 0.29) is 6.07 Å². The molecule has 1 aromatic carbocycles. The number of nitrogens with zero attached hydrogens (tertiary/aromatic N) is 3. The van der Waals surface area contributed by atoms with Gasteiger partial charge in [0.25, 0.3) is 0 Å². The highest BCUT2D eigenvalue weighted by Gasteiger charge is 2.25. The van der Waals surface area contributed by atoms with Crippen molar-refractivity contribution in [3.05, 3.63) is 33.6 Å². The average Bonchev–Trinajstić information content (AvgIpc) is 2.28. The maximum Gasteiger partial charge on any atom is 0.301 e. The molecular formula is C8H7F3N6O2. The van der Waals surface area contributed by atoms with Gasteiger partial charge in [-0.2, -0.15) is 4.99 Å². The van der Waals surface area contributed by atoms with Gasteiger partial charge in [0, 0.05) is 0 Å². The number of benzene rings is 1. The van der Waals surface area contributed by atoms with Crippen molar-refractivity contribution in [3.8, 4) is 0 Å². The molecule has 0 aliphatic carbocycles. The first-order valence-corrected chi connectivity index (χ1v) is 4.49. The molecular weight excluding hydrogens is 269 g/mol. The van der Waals surface area contributed by atoms with E-state index in [1.807, 2.05) is 0 Å². The third-order valence-electron chi connectivity index (χ3n) is 1.78. The minimum Gasteiger partial charge on any atom is -0.370 e. The fraction of sp³-hybridized carbons (Fsp3) is 0. The Morgan fingerprint density at radius 3 is 2.26 bits per heavy atom. The first-order chi connectivity index (χ1) is 8.73. The monoisotopic (exact) mass is 276 g/mol. The number of nitro benzene ring substituents is 1. The number of aliphatic imine (C=N–C) groups is 2. The van der Waals surface area contributed by atoms with Gasteiger partial charge in [0.15, 0.2) is 29.1 Å². The summed E-state index contributed by atoms with van der Waals surface area (Å²) in [6, 6.07) is 0.167. The third-order valence-corrected chi connectivity index (χ3v) is 1.78. The predicted octanol–water partition coefficient (Wildman–Crippen LogP) is 0.232. The Hall–Kier alpha value is -2.85. The first-order valence-electron chi connectivity index (χ1n) is 4.49. The SMILES string of the molecule is NC(N)=NC(N)=Nc1c([N+](=O)[O-])cc(F)c(F)c1F. The van der Waals surface area contributed by atoms with Gasteiger partial charge in [-0.1, -0.05) is 0 Å². The van der Waals surface area contributed by atoms with Gasteiger partial charge in [0.05, 0.1) is 11.0 Å². The second kappa shape index (κ2) is 5.20. The number of rotatable bonds is 2. The van der Waals surface area contributed by atoms with Crippen molar-refractivity contribution in [1.82, 2.24) is 0 Å². The van der Waals surface area contributed by atoms with Crippen LogP contribution in [0.4, 0.5) is 24.5 Å². The molecule has 1 aromatic rings. The molecule has 0 amide bonds. The fourth-order valence-electron chi connectivity index (χ4n) is 1.09. The highest BCUT2D eigenvalue weighted by Crippen LogP contribution is 2.33. The van der Waals surface area contributed by atoms with E-state index in [9.17, 15) is 23.3 Å². The van der Waals surface area contributed by atoms with Crippen molar-refractivity contribution in [2.75, 3.05) is 0 Å². The molecule has 0 spiro atoms. The van der Waals surface area contributed by atoms with Crippen molar-refractivity contribution >= 4 is 23.3 Å². The van der Waals surface area contributed by atoms with Crippen LogP contribution in [0.5, 0.6) is 0 Å². The maximum absolute atomic E-state index is 13.4. The van der Waals surface area contributed by atoms with Gasteiger partial charge in [0.1, 0.15) is 0 Å². The van der Waals surface area contributed by atoms with Crippen molar-refractivity contribution in [2.24, 2.45) is 27.2 Å². The van der Waals surface area contributed by atoms with Gasteiger partial charge < -0.3 is 17.2 Å². The minimum absolute atomic E-state index is 0.167. The van der Waals surface area contributed by atoms with Crippen LogP contribution in [0, 0.1) is 27.6 Å². The van der Waals surface area contributed by atoms with Gasteiger partial charge in [0.2, 0.25) is 5.96 Å². The van der Waals surface area contributed by atoms with E-state index in [1.54, 1.807) is 0 Å². The molecule has 6 N–H and O–H groups in total. The van der Waals surface area contributed by atoms with Crippen molar-refractivity contribution in [1.29, 1.82) is 0 Å². The number of halogens is 3. The van der Waals surface area contributed by atoms with Crippen LogP contribution >= 0.6 is 0 Å². The molecule has 0 saturated carbocycles. The molecule has 0 unspecified atom stereocenters. The van der Waals surface area contributed by atoms with Crippen LogP contribution in [0.2, 0.25) is 0 Å². The molecule has 0 bridgehead atoms. The second-order valence-corrected chi connectivity index (χ2v) is 3.12. The Bertz CT molecular complexity index is 597. The lowest BCUT2D eigenvalue weighted by atomic mass is 10.2. The summed E-state index contributed by atoms with van der Waals surface area (Å²) in [6.45, 7) is 0. The zero-order chi connectivity index (χ0) is 14.7. The quantitative estimate of drug-likeness (QED) is 0.232. The summed E-state index contributed by atoms with van der Waals surface area (Å²) < 4.78 is 39.2. The number of hydrogen-bond donors (Lipinski definition) is 3. The van der Waals surface area contributed by atoms with Crippen molar-refractivity contribution in [3.63, 3.8) is 0 Å². The van der Waals surface area contributed by atoms with E-state index in [4.69, 9.17) is 17.2 Å². The van der Waals surface area contributed by atoms with Crippen LogP contribution in [-0.2, 0) is 0 Å². The Morgan fingerprint density at radius 2 is 1.79 bits per heavy atom. The lowest BCUT2D eigenvalue weighted by molar-refractivity contribution is -0.384. The summed E-state index contributed by atoms with van der Waals surface area (Å²) in [5, 5.41) is 10.6. The summed E-state index contributed by atoms with van der Waals surface area (Å²) >= 11 is 0. The first kappa shape index (κ1) is 14.2. The zero-order valence-electron chi connectivity index (χ0n) is 9.10. The number of guanidine groups is 2. The van der Waals surface area contributed by atoms with Gasteiger partial charge >= 0.3 is 5.69 Å². The lowest BCUT2D eigenvalue weighted by Gasteiger charge is -2.02. The number of nitrogens with two attached hydrogens (primary N) is 3. The van der Waals surface area contributed by atoms with Crippen LogP contribution in [0.15, 0.2) is 16.1 Å². The van der Waals surface area contributed by atoms with Crippen LogP contribution < -0.4 is 17.2 Å². The fourth-order valence-corrected chi connectivity index (χ4v) is 1.09. The molecule has 11 heteroatoms. The molecule has 0 aliphatic rings. The van der Waals surface area contributed by atoms with Crippen molar-refractivity contribution in [2.45, 2.75) is 0 Å². The smallest absolute Gasteiger partial charge is 0.301 e. The van der Waals surface area contributed by atoms with E-state index in [0.717, 1.165) is 0 Å². The second-order valence-electron chi connectivity index (χ2n) is 3.12. The summed E-state index contributed by atoms with van der Waals surface area (Å²) in [5.41, 5.74) is 12.8. The molecule has 0 heterocycles. The predicted molar refractivity (Wildman–Crippen MR) is 60.1 cm³/mol. The molecule has 0 aliphatic heterocycles. The molecule has 0 atom stereocenters. The normalized spacial score (nSPS) is 11.2.